The highest BCUT2D eigenvalue weighted by atomic mass is 16.6. The van der Waals surface area contributed by atoms with Crippen LogP contribution in [-0.4, -0.2) is 24.4 Å². The number of hydrogen-bond acceptors (Lipinski definition) is 2. The highest BCUT2D eigenvalue weighted by molar-refractivity contribution is 5.19. The van der Waals surface area contributed by atoms with Crippen LogP contribution >= 0.6 is 0 Å². The maximum Gasteiger partial charge on any atom is 0.0997 e. The average Bonchev–Trinajstić information content (AvgIpc) is 2.77. The van der Waals surface area contributed by atoms with Gasteiger partial charge in [0, 0.05) is 19.6 Å². The minimum absolute atomic E-state index is 0.0342. The first-order valence-corrected chi connectivity index (χ1v) is 5.48. The molecule has 1 fully saturated rings. The minimum Gasteiger partial charge on any atom is -0.372 e. The molecule has 2 nitrogen and oxygen atoms in total. The highest BCUT2D eigenvalue weighted by Gasteiger charge is 2.67. The van der Waals surface area contributed by atoms with Crippen LogP contribution in [0.15, 0.2) is 0 Å². The molecule has 78 valence electrons. The van der Waals surface area contributed by atoms with Crippen molar-refractivity contribution >= 4 is 0 Å². The van der Waals surface area contributed by atoms with Crippen molar-refractivity contribution in [1.29, 1.82) is 0 Å². The topological polar surface area (TPSA) is 18.5 Å². The second-order valence-corrected chi connectivity index (χ2v) is 3.74. The molecule has 0 aromatic carbocycles. The molecule has 0 aliphatic heterocycles. The summed E-state index contributed by atoms with van der Waals surface area (Å²) in [5.41, 5.74) is 0.0685. The lowest BCUT2D eigenvalue weighted by atomic mass is 10.1. The molecule has 0 N–H and O–H groups in total. The zero-order chi connectivity index (χ0) is 9.95. The van der Waals surface area contributed by atoms with Gasteiger partial charge in [0.2, 0.25) is 0 Å². The van der Waals surface area contributed by atoms with Crippen molar-refractivity contribution < 1.29 is 9.47 Å². The van der Waals surface area contributed by atoms with Gasteiger partial charge >= 0.3 is 0 Å². The molecule has 2 atom stereocenters. The summed E-state index contributed by atoms with van der Waals surface area (Å²) in [7, 11) is 0. The molecule has 2 heteroatoms. The van der Waals surface area contributed by atoms with Gasteiger partial charge in [0.15, 0.2) is 0 Å². The Bertz CT molecular complexity index is 151. The van der Waals surface area contributed by atoms with Crippen molar-refractivity contribution in [2.75, 3.05) is 13.2 Å². The van der Waals surface area contributed by atoms with Gasteiger partial charge in [-0.15, -0.1) is 0 Å². The van der Waals surface area contributed by atoms with E-state index < -0.39 is 0 Å². The van der Waals surface area contributed by atoms with E-state index in [4.69, 9.17) is 9.47 Å². The summed E-state index contributed by atoms with van der Waals surface area (Å²) in [4.78, 5) is 0. The van der Waals surface area contributed by atoms with Gasteiger partial charge in [0.1, 0.15) is 0 Å². The van der Waals surface area contributed by atoms with Crippen molar-refractivity contribution in [2.45, 2.75) is 58.2 Å². The zero-order valence-corrected chi connectivity index (χ0v) is 9.35. The summed E-state index contributed by atoms with van der Waals surface area (Å²) in [6, 6.07) is 0. The molecule has 1 aliphatic rings. The molecule has 0 amide bonds. The first-order valence-electron chi connectivity index (χ1n) is 5.48. The Hall–Kier alpha value is -0.0800. The Labute approximate surface area is 81.6 Å². The van der Waals surface area contributed by atoms with Gasteiger partial charge in [-0.3, -0.25) is 0 Å². The standard InChI is InChI=1S/C11H22O2/c1-5-10(12-7-3)9-11(10,6-2)13-8-4/h5-9H2,1-4H3/t10-,11+. The molecule has 1 aliphatic carbocycles. The summed E-state index contributed by atoms with van der Waals surface area (Å²) in [5.74, 6) is 0. The fraction of sp³-hybridized carbons (Fsp3) is 1.00. The van der Waals surface area contributed by atoms with Crippen LogP contribution in [0.25, 0.3) is 0 Å². The molecule has 1 saturated carbocycles. The van der Waals surface area contributed by atoms with E-state index in [0.717, 1.165) is 32.5 Å². The van der Waals surface area contributed by atoms with Gasteiger partial charge in [-0.1, -0.05) is 13.8 Å². The molecule has 13 heavy (non-hydrogen) atoms. The Kier molecular flexibility index (Phi) is 3.36. The summed E-state index contributed by atoms with van der Waals surface area (Å²) in [5, 5.41) is 0. The number of rotatable bonds is 6. The van der Waals surface area contributed by atoms with Crippen LogP contribution in [-0.2, 0) is 9.47 Å². The molecular weight excluding hydrogens is 164 g/mol. The van der Waals surface area contributed by atoms with Crippen LogP contribution in [0, 0.1) is 0 Å². The van der Waals surface area contributed by atoms with Gasteiger partial charge in [-0.2, -0.15) is 0 Å². The molecule has 0 radical (unpaired) electrons. The molecule has 0 bridgehead atoms. The lowest BCUT2D eigenvalue weighted by molar-refractivity contribution is -0.0692. The average molecular weight is 186 g/mol. The zero-order valence-electron chi connectivity index (χ0n) is 9.35. The van der Waals surface area contributed by atoms with Crippen LogP contribution in [0.1, 0.15) is 47.0 Å². The van der Waals surface area contributed by atoms with E-state index in [1.807, 2.05) is 0 Å². The van der Waals surface area contributed by atoms with Gasteiger partial charge in [-0.25, -0.2) is 0 Å². The predicted octanol–water partition coefficient (Wildman–Crippen LogP) is 2.76. The third kappa shape index (κ3) is 1.62. The maximum absolute atomic E-state index is 5.82. The summed E-state index contributed by atoms with van der Waals surface area (Å²) in [6.07, 6.45) is 3.21. The molecule has 0 spiro atoms. The van der Waals surface area contributed by atoms with Crippen molar-refractivity contribution in [2.24, 2.45) is 0 Å². The Morgan fingerprint density at radius 2 is 1.23 bits per heavy atom. The minimum atomic E-state index is 0.0342. The lowest BCUT2D eigenvalue weighted by Gasteiger charge is -2.23. The van der Waals surface area contributed by atoms with Gasteiger partial charge in [0.25, 0.3) is 0 Å². The smallest absolute Gasteiger partial charge is 0.0997 e. The van der Waals surface area contributed by atoms with Crippen LogP contribution < -0.4 is 0 Å². The van der Waals surface area contributed by atoms with E-state index in [-0.39, 0.29) is 11.2 Å². The predicted molar refractivity (Wildman–Crippen MR) is 53.9 cm³/mol. The monoisotopic (exact) mass is 186 g/mol. The van der Waals surface area contributed by atoms with Crippen molar-refractivity contribution in [1.82, 2.24) is 0 Å². The van der Waals surface area contributed by atoms with Crippen molar-refractivity contribution in [3.05, 3.63) is 0 Å². The third-order valence-electron chi connectivity index (χ3n) is 3.26. The summed E-state index contributed by atoms with van der Waals surface area (Å²) < 4.78 is 11.6. The number of ether oxygens (including phenoxy) is 2. The van der Waals surface area contributed by atoms with Crippen molar-refractivity contribution in [3.63, 3.8) is 0 Å². The van der Waals surface area contributed by atoms with Crippen LogP contribution in [0.2, 0.25) is 0 Å². The molecule has 0 aromatic rings. The maximum atomic E-state index is 5.82. The molecular formula is C11H22O2. The Morgan fingerprint density at radius 1 is 0.846 bits per heavy atom. The molecule has 0 heterocycles. The van der Waals surface area contributed by atoms with E-state index in [1.165, 1.54) is 0 Å². The fourth-order valence-corrected chi connectivity index (χ4v) is 2.43. The first-order chi connectivity index (χ1) is 6.20. The van der Waals surface area contributed by atoms with E-state index in [2.05, 4.69) is 27.7 Å². The highest BCUT2D eigenvalue weighted by Crippen LogP contribution is 2.57. The molecule has 1 rings (SSSR count). The summed E-state index contributed by atoms with van der Waals surface area (Å²) >= 11 is 0. The summed E-state index contributed by atoms with van der Waals surface area (Å²) in [6.45, 7) is 10.1. The van der Waals surface area contributed by atoms with Crippen LogP contribution in [0.4, 0.5) is 0 Å². The van der Waals surface area contributed by atoms with E-state index in [9.17, 15) is 0 Å². The van der Waals surface area contributed by atoms with Gasteiger partial charge < -0.3 is 9.47 Å². The largest absolute Gasteiger partial charge is 0.372 e. The lowest BCUT2D eigenvalue weighted by Crippen LogP contribution is -2.30. The number of hydrogen-bond donors (Lipinski definition) is 0. The van der Waals surface area contributed by atoms with Gasteiger partial charge in [0.05, 0.1) is 11.2 Å². The molecule has 0 saturated heterocycles. The molecule has 0 unspecified atom stereocenters. The Balaban J connectivity index is 2.61. The quantitative estimate of drug-likeness (QED) is 0.635. The third-order valence-corrected chi connectivity index (χ3v) is 3.26. The van der Waals surface area contributed by atoms with Crippen LogP contribution in [0.5, 0.6) is 0 Å². The second kappa shape index (κ2) is 3.97. The molecule has 0 aromatic heterocycles. The van der Waals surface area contributed by atoms with Crippen LogP contribution in [0.3, 0.4) is 0 Å². The fourth-order valence-electron chi connectivity index (χ4n) is 2.43. The second-order valence-electron chi connectivity index (χ2n) is 3.74. The normalized spacial score (nSPS) is 37.8. The van der Waals surface area contributed by atoms with Gasteiger partial charge in [-0.05, 0) is 26.7 Å². The van der Waals surface area contributed by atoms with E-state index in [0.29, 0.717) is 0 Å². The Morgan fingerprint density at radius 3 is 1.46 bits per heavy atom. The van der Waals surface area contributed by atoms with E-state index >= 15 is 0 Å². The first kappa shape index (κ1) is 11.0. The van der Waals surface area contributed by atoms with E-state index in [1.54, 1.807) is 0 Å². The SMILES string of the molecule is CCO[C@]1(CC)C[C@]1(CC)OCC. The van der Waals surface area contributed by atoms with Crippen molar-refractivity contribution in [3.8, 4) is 0 Å².